The first-order chi connectivity index (χ1) is 11.5. The number of hydrogen-bond acceptors (Lipinski definition) is 6. The summed E-state index contributed by atoms with van der Waals surface area (Å²) >= 11 is 0. The zero-order chi connectivity index (χ0) is 17.1. The van der Waals surface area contributed by atoms with Crippen LogP contribution in [0.2, 0.25) is 0 Å². The average Bonchev–Trinajstić information content (AvgIpc) is 2.95. The van der Waals surface area contributed by atoms with Crippen LogP contribution in [0.15, 0.2) is 27.8 Å². The number of carbonyl (C=O) groups is 1. The third kappa shape index (κ3) is 3.64. The molecule has 24 heavy (non-hydrogen) atoms. The molecule has 3 heterocycles. The summed E-state index contributed by atoms with van der Waals surface area (Å²) in [5, 5.41) is 6.84. The van der Waals surface area contributed by atoms with Crippen molar-refractivity contribution in [3.05, 3.63) is 40.3 Å². The second kappa shape index (κ2) is 6.86. The Hall–Kier alpha value is -2.64. The highest BCUT2D eigenvalue weighted by molar-refractivity contribution is 5.78. The summed E-state index contributed by atoms with van der Waals surface area (Å²) < 4.78 is 6.48. The second-order valence-electron chi connectivity index (χ2n) is 6.13. The Bertz CT molecular complexity index is 782. The number of rotatable bonds is 4. The molecule has 0 aromatic carbocycles. The van der Waals surface area contributed by atoms with Gasteiger partial charge in [-0.05, 0) is 19.8 Å². The fraction of sp³-hybridized carbons (Fsp3) is 0.500. The average molecular weight is 331 g/mol. The molecule has 1 atom stereocenters. The molecule has 0 bridgehead atoms. The van der Waals surface area contributed by atoms with Crippen LogP contribution in [0.5, 0.6) is 0 Å². The summed E-state index contributed by atoms with van der Waals surface area (Å²) in [6.07, 6.45) is 5.22. The number of aromatic nitrogens is 3. The Morgan fingerprint density at radius 3 is 3.08 bits per heavy atom. The molecule has 1 aliphatic rings. The molecule has 1 fully saturated rings. The maximum Gasteiger partial charge on any atom is 0.293 e. The Morgan fingerprint density at radius 1 is 1.50 bits per heavy atom. The molecule has 1 aliphatic heterocycles. The van der Waals surface area contributed by atoms with E-state index in [-0.39, 0.29) is 23.9 Å². The number of hydrogen-bond donors (Lipinski definition) is 1. The molecule has 8 nitrogen and oxygen atoms in total. The van der Waals surface area contributed by atoms with Gasteiger partial charge in [-0.15, -0.1) is 0 Å². The quantitative estimate of drug-likeness (QED) is 0.872. The summed E-state index contributed by atoms with van der Waals surface area (Å²) in [5.41, 5.74) is 0.499. The molecule has 1 N–H and O–H groups in total. The van der Waals surface area contributed by atoms with Crippen LogP contribution in [-0.2, 0) is 18.3 Å². The molecule has 3 rings (SSSR count). The van der Waals surface area contributed by atoms with Crippen LogP contribution in [0.3, 0.4) is 0 Å². The van der Waals surface area contributed by atoms with Crippen LogP contribution in [0.1, 0.15) is 24.3 Å². The fourth-order valence-electron chi connectivity index (χ4n) is 2.93. The molecular formula is C16H21N5O3. The van der Waals surface area contributed by atoms with Gasteiger partial charge >= 0.3 is 0 Å². The third-order valence-corrected chi connectivity index (χ3v) is 4.10. The van der Waals surface area contributed by atoms with Gasteiger partial charge < -0.3 is 19.3 Å². The summed E-state index contributed by atoms with van der Waals surface area (Å²) in [4.78, 5) is 30.5. The highest BCUT2D eigenvalue weighted by atomic mass is 16.5. The highest BCUT2D eigenvalue weighted by Gasteiger charge is 2.24. The second-order valence-corrected chi connectivity index (χ2v) is 6.13. The van der Waals surface area contributed by atoms with Gasteiger partial charge in [0.1, 0.15) is 5.76 Å². The van der Waals surface area contributed by atoms with Crippen molar-refractivity contribution in [3.63, 3.8) is 0 Å². The van der Waals surface area contributed by atoms with Crippen molar-refractivity contribution in [2.45, 2.75) is 32.2 Å². The van der Waals surface area contributed by atoms with Crippen LogP contribution in [0.4, 0.5) is 5.82 Å². The number of amides is 1. The van der Waals surface area contributed by atoms with Crippen molar-refractivity contribution >= 4 is 11.7 Å². The molecule has 1 unspecified atom stereocenters. The molecule has 0 radical (unpaired) electrons. The van der Waals surface area contributed by atoms with Crippen molar-refractivity contribution in [1.82, 2.24) is 20.0 Å². The Kier molecular flexibility index (Phi) is 4.64. The zero-order valence-electron chi connectivity index (χ0n) is 13.9. The summed E-state index contributed by atoms with van der Waals surface area (Å²) in [5.74, 6) is 1.03. The Morgan fingerprint density at radius 2 is 2.33 bits per heavy atom. The highest BCUT2D eigenvalue weighted by Crippen LogP contribution is 2.14. The van der Waals surface area contributed by atoms with Crippen molar-refractivity contribution in [2.75, 3.05) is 18.0 Å². The van der Waals surface area contributed by atoms with Crippen LogP contribution >= 0.6 is 0 Å². The van der Waals surface area contributed by atoms with E-state index in [1.807, 2.05) is 4.90 Å². The summed E-state index contributed by atoms with van der Waals surface area (Å²) in [7, 11) is 1.70. The first-order valence-electron chi connectivity index (χ1n) is 8.01. The van der Waals surface area contributed by atoms with E-state index >= 15 is 0 Å². The molecule has 0 spiro atoms. The maximum atomic E-state index is 12.2. The molecule has 0 aliphatic carbocycles. The van der Waals surface area contributed by atoms with Gasteiger partial charge in [0.25, 0.3) is 5.56 Å². The standard InChI is InChI=1S/C16H21N5O3/c1-11-8-13(19-24-11)9-14(22)18-12-4-3-6-21(10-12)15-16(23)20(2)7-5-17-15/h5,7-8,12H,3-4,6,9-10H2,1-2H3,(H,18,22). The SMILES string of the molecule is Cc1cc(CC(=O)NC2CCCN(c3nccn(C)c3=O)C2)no1. The molecule has 128 valence electrons. The molecule has 2 aromatic rings. The smallest absolute Gasteiger partial charge is 0.293 e. The van der Waals surface area contributed by atoms with E-state index < -0.39 is 0 Å². The van der Waals surface area contributed by atoms with E-state index in [4.69, 9.17) is 4.52 Å². The monoisotopic (exact) mass is 331 g/mol. The predicted molar refractivity (Wildman–Crippen MR) is 87.8 cm³/mol. The van der Waals surface area contributed by atoms with E-state index in [2.05, 4.69) is 15.5 Å². The van der Waals surface area contributed by atoms with E-state index in [1.54, 1.807) is 32.4 Å². The van der Waals surface area contributed by atoms with Crippen molar-refractivity contribution in [3.8, 4) is 0 Å². The number of piperidine rings is 1. The van der Waals surface area contributed by atoms with Gasteiger partial charge in [0, 0.05) is 44.6 Å². The van der Waals surface area contributed by atoms with E-state index in [1.165, 1.54) is 4.57 Å². The lowest BCUT2D eigenvalue weighted by Crippen LogP contribution is -2.49. The number of nitrogens with one attached hydrogen (secondary N) is 1. The number of nitrogens with zero attached hydrogens (tertiary/aromatic N) is 4. The first kappa shape index (κ1) is 16.2. The largest absolute Gasteiger partial charge is 0.361 e. The van der Waals surface area contributed by atoms with E-state index in [0.29, 0.717) is 23.8 Å². The van der Waals surface area contributed by atoms with Gasteiger partial charge in [-0.2, -0.15) is 0 Å². The lowest BCUT2D eigenvalue weighted by Gasteiger charge is -2.33. The van der Waals surface area contributed by atoms with E-state index in [0.717, 1.165) is 19.4 Å². The molecule has 0 saturated carbocycles. The molecular weight excluding hydrogens is 310 g/mol. The summed E-state index contributed by atoms with van der Waals surface area (Å²) in [6, 6.07) is 1.75. The van der Waals surface area contributed by atoms with Crippen LogP contribution in [0.25, 0.3) is 0 Å². The van der Waals surface area contributed by atoms with Crippen molar-refractivity contribution < 1.29 is 9.32 Å². The number of aryl methyl sites for hydroxylation is 2. The Balaban J connectivity index is 1.62. The third-order valence-electron chi connectivity index (χ3n) is 4.10. The molecule has 1 amide bonds. The van der Waals surface area contributed by atoms with Gasteiger partial charge in [0.05, 0.1) is 12.1 Å². The number of carbonyl (C=O) groups excluding carboxylic acids is 1. The van der Waals surface area contributed by atoms with Gasteiger partial charge in [0.15, 0.2) is 5.82 Å². The van der Waals surface area contributed by atoms with Gasteiger partial charge in [-0.1, -0.05) is 5.16 Å². The topological polar surface area (TPSA) is 93.3 Å². The Labute approximate surface area is 139 Å². The summed E-state index contributed by atoms with van der Waals surface area (Å²) in [6.45, 7) is 3.14. The van der Waals surface area contributed by atoms with Crippen LogP contribution in [-0.4, -0.2) is 39.7 Å². The van der Waals surface area contributed by atoms with Crippen molar-refractivity contribution in [1.29, 1.82) is 0 Å². The van der Waals surface area contributed by atoms with Crippen LogP contribution < -0.4 is 15.8 Å². The minimum absolute atomic E-state index is 0.00837. The van der Waals surface area contributed by atoms with Gasteiger partial charge in [-0.3, -0.25) is 9.59 Å². The minimum atomic E-state index is -0.123. The van der Waals surface area contributed by atoms with Crippen molar-refractivity contribution in [2.24, 2.45) is 7.05 Å². The fourth-order valence-corrected chi connectivity index (χ4v) is 2.93. The lowest BCUT2D eigenvalue weighted by atomic mass is 10.1. The first-order valence-corrected chi connectivity index (χ1v) is 8.01. The molecule has 2 aromatic heterocycles. The van der Waals surface area contributed by atoms with E-state index in [9.17, 15) is 9.59 Å². The van der Waals surface area contributed by atoms with Gasteiger partial charge in [-0.25, -0.2) is 4.98 Å². The number of anilines is 1. The van der Waals surface area contributed by atoms with Crippen LogP contribution in [0, 0.1) is 6.92 Å². The minimum Gasteiger partial charge on any atom is -0.361 e. The van der Waals surface area contributed by atoms with Gasteiger partial charge in [0.2, 0.25) is 5.91 Å². The molecule has 1 saturated heterocycles. The normalized spacial score (nSPS) is 17.8. The molecule has 8 heteroatoms. The maximum absolute atomic E-state index is 12.2. The zero-order valence-corrected chi connectivity index (χ0v) is 13.9. The predicted octanol–water partition coefficient (Wildman–Crippen LogP) is 0.404. The lowest BCUT2D eigenvalue weighted by molar-refractivity contribution is -0.121.